The zero-order valence-electron chi connectivity index (χ0n) is 10.5. The Balaban J connectivity index is 2.77. The highest BCUT2D eigenvalue weighted by atomic mass is 16.1. The summed E-state index contributed by atoms with van der Waals surface area (Å²) in [6.07, 6.45) is 3.47. The number of carbonyl (C=O) groups excluding carboxylic acids is 1. The largest absolute Gasteiger partial charge is 0.366 e. The summed E-state index contributed by atoms with van der Waals surface area (Å²) in [6, 6.07) is 2.18. The van der Waals surface area contributed by atoms with E-state index >= 15 is 0 Å². The molecule has 1 aliphatic rings. The van der Waals surface area contributed by atoms with Crippen molar-refractivity contribution in [3.63, 3.8) is 0 Å². The van der Waals surface area contributed by atoms with Gasteiger partial charge in [-0.25, -0.2) is 0 Å². The summed E-state index contributed by atoms with van der Waals surface area (Å²) >= 11 is 0. The van der Waals surface area contributed by atoms with Crippen molar-refractivity contribution in [2.45, 2.75) is 18.9 Å². The van der Waals surface area contributed by atoms with Crippen molar-refractivity contribution in [3.8, 4) is 6.07 Å². The number of hydrogen-bond acceptors (Lipinski definition) is 4. The number of rotatable bonds is 4. The highest BCUT2D eigenvalue weighted by Crippen LogP contribution is 2.22. The van der Waals surface area contributed by atoms with Crippen LogP contribution >= 0.6 is 0 Å². The Kier molecular flexibility index (Phi) is 4.67. The zero-order valence-corrected chi connectivity index (χ0v) is 10.5. The van der Waals surface area contributed by atoms with E-state index in [1.807, 2.05) is 6.92 Å². The quantitative estimate of drug-likeness (QED) is 0.694. The fourth-order valence-corrected chi connectivity index (χ4v) is 2.02. The molecule has 1 aliphatic heterocycles. The number of nitrogens with zero attached hydrogens (tertiary/aromatic N) is 3. The third-order valence-electron chi connectivity index (χ3n) is 3.27. The van der Waals surface area contributed by atoms with Gasteiger partial charge in [0.05, 0.1) is 12.5 Å². The van der Waals surface area contributed by atoms with Crippen LogP contribution < -0.4 is 5.73 Å². The van der Waals surface area contributed by atoms with Crippen LogP contribution in [0.15, 0.2) is 12.2 Å². The average molecular weight is 236 g/mol. The van der Waals surface area contributed by atoms with Crippen molar-refractivity contribution in [3.05, 3.63) is 12.2 Å². The molecule has 1 amide bonds. The standard InChI is InChI=1S/C12H20N4O/c1-12(5-6-13,4-3-11(14)17)16-9-7-15(2)8-10-16/h3-4H,5,7-10H2,1-2H3,(H2,14,17). The van der Waals surface area contributed by atoms with Gasteiger partial charge in [-0.2, -0.15) is 5.26 Å². The van der Waals surface area contributed by atoms with Crippen molar-refractivity contribution < 1.29 is 4.79 Å². The van der Waals surface area contributed by atoms with Crippen molar-refractivity contribution in [2.75, 3.05) is 33.2 Å². The second-order valence-corrected chi connectivity index (χ2v) is 4.72. The molecule has 0 radical (unpaired) electrons. The molecule has 17 heavy (non-hydrogen) atoms. The fourth-order valence-electron chi connectivity index (χ4n) is 2.02. The van der Waals surface area contributed by atoms with Crippen LogP contribution in [0.3, 0.4) is 0 Å². The van der Waals surface area contributed by atoms with Crippen LogP contribution in [-0.2, 0) is 4.79 Å². The molecule has 1 unspecified atom stereocenters. The second-order valence-electron chi connectivity index (χ2n) is 4.72. The van der Waals surface area contributed by atoms with Gasteiger partial charge in [0.15, 0.2) is 0 Å². The predicted octanol–water partition coefficient (Wildman–Crippen LogP) is -0.0523. The normalized spacial score (nSPS) is 22.2. The Morgan fingerprint density at radius 2 is 2.06 bits per heavy atom. The topological polar surface area (TPSA) is 73.4 Å². The van der Waals surface area contributed by atoms with Gasteiger partial charge in [-0.3, -0.25) is 9.69 Å². The molecule has 0 bridgehead atoms. The van der Waals surface area contributed by atoms with Crippen LogP contribution in [-0.4, -0.2) is 54.5 Å². The van der Waals surface area contributed by atoms with E-state index in [1.165, 1.54) is 6.08 Å². The Morgan fingerprint density at radius 3 is 2.53 bits per heavy atom. The minimum atomic E-state index is -0.469. The molecule has 0 aromatic heterocycles. The van der Waals surface area contributed by atoms with E-state index in [-0.39, 0.29) is 0 Å². The molecule has 5 heteroatoms. The van der Waals surface area contributed by atoms with Gasteiger partial charge in [0.2, 0.25) is 5.91 Å². The maximum atomic E-state index is 10.8. The third-order valence-corrected chi connectivity index (χ3v) is 3.27. The molecular weight excluding hydrogens is 216 g/mol. The van der Waals surface area contributed by atoms with E-state index in [2.05, 4.69) is 22.9 Å². The molecule has 0 spiro atoms. The zero-order chi connectivity index (χ0) is 12.9. The second kappa shape index (κ2) is 5.80. The molecule has 94 valence electrons. The van der Waals surface area contributed by atoms with E-state index in [1.54, 1.807) is 6.08 Å². The highest BCUT2D eigenvalue weighted by Gasteiger charge is 2.31. The minimum Gasteiger partial charge on any atom is -0.366 e. The lowest BCUT2D eigenvalue weighted by Gasteiger charge is -2.42. The maximum Gasteiger partial charge on any atom is 0.241 e. The van der Waals surface area contributed by atoms with E-state index in [0.29, 0.717) is 6.42 Å². The van der Waals surface area contributed by atoms with E-state index < -0.39 is 11.4 Å². The van der Waals surface area contributed by atoms with Gasteiger partial charge in [-0.1, -0.05) is 6.08 Å². The Labute approximate surface area is 102 Å². The van der Waals surface area contributed by atoms with Crippen molar-refractivity contribution >= 4 is 5.91 Å². The van der Waals surface area contributed by atoms with Crippen LogP contribution in [0.4, 0.5) is 0 Å². The predicted molar refractivity (Wildman–Crippen MR) is 66.0 cm³/mol. The molecule has 1 rings (SSSR count). The lowest BCUT2D eigenvalue weighted by atomic mass is 9.94. The first-order valence-electron chi connectivity index (χ1n) is 5.77. The number of nitriles is 1. The number of hydrogen-bond donors (Lipinski definition) is 1. The fraction of sp³-hybridized carbons (Fsp3) is 0.667. The first kappa shape index (κ1) is 13.7. The minimum absolute atomic E-state index is 0.362. The molecule has 1 fully saturated rings. The molecule has 2 N–H and O–H groups in total. The highest BCUT2D eigenvalue weighted by molar-refractivity contribution is 5.85. The molecule has 0 aromatic carbocycles. The molecule has 1 saturated heterocycles. The first-order chi connectivity index (χ1) is 7.98. The smallest absolute Gasteiger partial charge is 0.241 e. The number of piperazine rings is 1. The lowest BCUT2D eigenvalue weighted by molar-refractivity contribution is -0.113. The van der Waals surface area contributed by atoms with Gasteiger partial charge < -0.3 is 10.6 Å². The van der Waals surface area contributed by atoms with Gasteiger partial charge in [-0.15, -0.1) is 0 Å². The summed E-state index contributed by atoms with van der Waals surface area (Å²) in [4.78, 5) is 15.3. The van der Waals surface area contributed by atoms with E-state index in [4.69, 9.17) is 11.0 Å². The molecule has 5 nitrogen and oxygen atoms in total. The van der Waals surface area contributed by atoms with Gasteiger partial charge >= 0.3 is 0 Å². The lowest BCUT2D eigenvalue weighted by Crippen LogP contribution is -2.54. The molecule has 1 atom stereocenters. The molecule has 0 saturated carbocycles. The van der Waals surface area contributed by atoms with Gasteiger partial charge in [0.1, 0.15) is 0 Å². The molecule has 0 aliphatic carbocycles. The average Bonchev–Trinajstić information content (AvgIpc) is 2.28. The van der Waals surface area contributed by atoms with Gasteiger partial charge in [0.25, 0.3) is 0 Å². The Morgan fingerprint density at radius 1 is 1.47 bits per heavy atom. The van der Waals surface area contributed by atoms with Crippen molar-refractivity contribution in [1.29, 1.82) is 5.26 Å². The van der Waals surface area contributed by atoms with Crippen molar-refractivity contribution in [2.24, 2.45) is 5.73 Å². The van der Waals surface area contributed by atoms with Gasteiger partial charge in [-0.05, 0) is 14.0 Å². The van der Waals surface area contributed by atoms with E-state index in [0.717, 1.165) is 26.2 Å². The number of nitrogens with two attached hydrogens (primary N) is 1. The Hall–Kier alpha value is -1.38. The van der Waals surface area contributed by atoms with E-state index in [9.17, 15) is 4.79 Å². The van der Waals surface area contributed by atoms with Crippen LogP contribution in [0.1, 0.15) is 13.3 Å². The van der Waals surface area contributed by atoms with Crippen molar-refractivity contribution in [1.82, 2.24) is 9.80 Å². The number of primary amides is 1. The van der Waals surface area contributed by atoms with Crippen LogP contribution in [0.5, 0.6) is 0 Å². The SMILES string of the molecule is CN1CCN(C(C)(C=CC(N)=O)CC#N)CC1. The first-order valence-corrected chi connectivity index (χ1v) is 5.77. The maximum absolute atomic E-state index is 10.8. The molecular formula is C12H20N4O. The summed E-state index contributed by atoms with van der Waals surface area (Å²) in [7, 11) is 2.08. The summed E-state index contributed by atoms with van der Waals surface area (Å²) in [5.41, 5.74) is 4.71. The Bertz CT molecular complexity index is 339. The molecule has 0 aromatic rings. The van der Waals surface area contributed by atoms with Crippen LogP contribution in [0, 0.1) is 11.3 Å². The van der Waals surface area contributed by atoms with Crippen LogP contribution in [0.25, 0.3) is 0 Å². The number of carbonyl (C=O) groups is 1. The van der Waals surface area contributed by atoms with Gasteiger partial charge in [0, 0.05) is 37.8 Å². The number of amides is 1. The van der Waals surface area contributed by atoms with Crippen LogP contribution in [0.2, 0.25) is 0 Å². The summed E-state index contributed by atoms with van der Waals surface area (Å²) in [5, 5.41) is 8.91. The molecule has 1 heterocycles. The summed E-state index contributed by atoms with van der Waals surface area (Å²) in [5.74, 6) is -0.469. The monoisotopic (exact) mass is 236 g/mol. The summed E-state index contributed by atoms with van der Waals surface area (Å²) in [6.45, 7) is 5.73. The third kappa shape index (κ3) is 3.84. The number of likely N-dealkylation sites (N-methyl/N-ethyl adjacent to an activating group) is 1. The summed E-state index contributed by atoms with van der Waals surface area (Å²) < 4.78 is 0.